The number of hydrogen-bond donors (Lipinski definition) is 2. The second-order valence-corrected chi connectivity index (χ2v) is 8.41. The molecule has 0 saturated carbocycles. The number of ether oxygens (including phenoxy) is 1. The zero-order chi connectivity index (χ0) is 21.4. The third-order valence-electron chi connectivity index (χ3n) is 5.97. The van der Waals surface area contributed by atoms with Gasteiger partial charge in [0.2, 0.25) is 0 Å². The average molecular weight is 537 g/mol. The van der Waals surface area contributed by atoms with Crippen molar-refractivity contribution in [1.82, 2.24) is 15.5 Å². The molecule has 1 saturated heterocycles. The van der Waals surface area contributed by atoms with E-state index in [1.807, 2.05) is 7.05 Å². The fourth-order valence-electron chi connectivity index (χ4n) is 4.09. The van der Waals surface area contributed by atoms with Crippen LogP contribution in [0, 0.1) is 6.92 Å². The lowest BCUT2D eigenvalue weighted by atomic mass is 9.88. The van der Waals surface area contributed by atoms with E-state index in [-0.39, 0.29) is 35.6 Å². The van der Waals surface area contributed by atoms with Crippen LogP contribution >= 0.6 is 24.0 Å². The Morgan fingerprint density at radius 1 is 1.10 bits per heavy atom. The van der Waals surface area contributed by atoms with Gasteiger partial charge in [0, 0.05) is 52.0 Å². The van der Waals surface area contributed by atoms with Crippen LogP contribution in [0.1, 0.15) is 42.5 Å². The lowest BCUT2D eigenvalue weighted by Gasteiger charge is -2.41. The van der Waals surface area contributed by atoms with Crippen LogP contribution in [0.15, 0.2) is 59.6 Å². The molecule has 1 atom stereocenters. The minimum Gasteiger partial charge on any atom is -0.381 e. The van der Waals surface area contributed by atoms with Crippen molar-refractivity contribution >= 4 is 29.9 Å². The molecule has 2 aromatic rings. The monoisotopic (exact) mass is 536 g/mol. The van der Waals surface area contributed by atoms with Gasteiger partial charge in [-0.3, -0.25) is 4.99 Å². The number of aliphatic imine (C=N–C) groups is 1. The van der Waals surface area contributed by atoms with Crippen molar-refractivity contribution in [1.29, 1.82) is 0 Å². The van der Waals surface area contributed by atoms with Gasteiger partial charge in [0.1, 0.15) is 0 Å². The van der Waals surface area contributed by atoms with Crippen LogP contribution in [0.4, 0.5) is 0 Å². The molecule has 170 valence electrons. The van der Waals surface area contributed by atoms with Gasteiger partial charge < -0.3 is 20.3 Å². The van der Waals surface area contributed by atoms with Crippen molar-refractivity contribution in [2.45, 2.75) is 44.8 Å². The Balaban J connectivity index is 0.00000341. The number of halogens is 1. The molecule has 2 aromatic carbocycles. The van der Waals surface area contributed by atoms with E-state index in [1.54, 1.807) is 0 Å². The van der Waals surface area contributed by atoms with Crippen molar-refractivity contribution in [3.8, 4) is 0 Å². The first kappa shape index (κ1) is 25.6. The number of nitrogens with one attached hydrogen (secondary N) is 2. The van der Waals surface area contributed by atoms with E-state index in [0.717, 1.165) is 45.1 Å². The summed E-state index contributed by atoms with van der Waals surface area (Å²) in [4.78, 5) is 6.71. The average Bonchev–Trinajstić information content (AvgIpc) is 2.77. The maximum atomic E-state index is 5.67. The van der Waals surface area contributed by atoms with Crippen LogP contribution in [0.3, 0.4) is 0 Å². The fourth-order valence-corrected chi connectivity index (χ4v) is 4.09. The van der Waals surface area contributed by atoms with E-state index in [9.17, 15) is 0 Å². The second-order valence-electron chi connectivity index (χ2n) is 8.41. The summed E-state index contributed by atoms with van der Waals surface area (Å²) in [5, 5.41) is 7.53. The van der Waals surface area contributed by atoms with Crippen LogP contribution in [0.2, 0.25) is 0 Å². The maximum Gasteiger partial charge on any atom is 0.193 e. The highest BCUT2D eigenvalue weighted by Crippen LogP contribution is 2.25. The lowest BCUT2D eigenvalue weighted by molar-refractivity contribution is 0.0353. The number of guanidine groups is 1. The minimum absolute atomic E-state index is 0. The van der Waals surface area contributed by atoms with E-state index in [2.05, 4.69) is 96.0 Å². The van der Waals surface area contributed by atoms with Gasteiger partial charge in [0.05, 0.1) is 0 Å². The molecule has 0 amide bonds. The molecule has 0 radical (unpaired) electrons. The summed E-state index contributed by atoms with van der Waals surface area (Å²) in [5.74, 6) is 0.913. The van der Waals surface area contributed by atoms with E-state index in [0.29, 0.717) is 0 Å². The van der Waals surface area contributed by atoms with Gasteiger partial charge in [0.15, 0.2) is 5.96 Å². The molecule has 1 aliphatic heterocycles. The summed E-state index contributed by atoms with van der Waals surface area (Å²) >= 11 is 0. The Bertz CT molecular complexity index is 804. The Morgan fingerprint density at radius 3 is 2.35 bits per heavy atom. The van der Waals surface area contributed by atoms with Gasteiger partial charge in [-0.2, -0.15) is 0 Å². The Kier molecular flexibility index (Phi) is 10.3. The normalized spacial score (nSPS) is 16.8. The number of hydrogen-bond acceptors (Lipinski definition) is 3. The number of nitrogens with zero attached hydrogens (tertiary/aromatic N) is 2. The Labute approximate surface area is 204 Å². The van der Waals surface area contributed by atoms with Crippen molar-refractivity contribution in [3.05, 3.63) is 71.3 Å². The molecule has 2 N–H and O–H groups in total. The molecule has 1 aliphatic rings. The van der Waals surface area contributed by atoms with Crippen molar-refractivity contribution in [3.63, 3.8) is 0 Å². The zero-order valence-electron chi connectivity index (χ0n) is 19.2. The summed E-state index contributed by atoms with van der Waals surface area (Å²) in [7, 11) is 3.94. The smallest absolute Gasteiger partial charge is 0.193 e. The predicted octanol–water partition coefficient (Wildman–Crippen LogP) is 4.52. The summed E-state index contributed by atoms with van der Waals surface area (Å²) in [5.41, 5.74) is 3.85. The van der Waals surface area contributed by atoms with Crippen LogP contribution in [0.5, 0.6) is 0 Å². The fraction of sp³-hybridized carbons (Fsp3) is 0.480. The molecule has 1 unspecified atom stereocenters. The topological polar surface area (TPSA) is 48.9 Å². The predicted molar refractivity (Wildman–Crippen MR) is 140 cm³/mol. The summed E-state index contributed by atoms with van der Waals surface area (Å²) < 4.78 is 5.67. The first-order chi connectivity index (χ1) is 14.5. The Hall–Kier alpha value is -1.64. The van der Waals surface area contributed by atoms with E-state index < -0.39 is 0 Å². The quantitative estimate of drug-likeness (QED) is 0.311. The van der Waals surface area contributed by atoms with E-state index in [1.165, 1.54) is 16.7 Å². The third kappa shape index (κ3) is 7.47. The first-order valence-electron chi connectivity index (χ1n) is 10.9. The van der Waals surface area contributed by atoms with Gasteiger partial charge in [-0.15, -0.1) is 24.0 Å². The van der Waals surface area contributed by atoms with E-state index in [4.69, 9.17) is 4.74 Å². The SMILES string of the molecule is CN=C(NCC1(NC(C)c2ccccc2)CCOCC1)N(C)Cc1ccc(C)cc1.I. The standard InChI is InChI=1S/C25H36N4O.HI/c1-20-10-12-22(13-11-20)18-29(4)24(26-3)27-19-25(14-16-30-17-15-25)28-21(2)23-8-6-5-7-9-23;/h5-13,21,28H,14-19H2,1-4H3,(H,26,27);1H. The first-order valence-corrected chi connectivity index (χ1v) is 10.9. The molecule has 5 nitrogen and oxygen atoms in total. The van der Waals surface area contributed by atoms with E-state index >= 15 is 0 Å². The molecule has 1 heterocycles. The molecular weight excluding hydrogens is 499 g/mol. The van der Waals surface area contributed by atoms with Crippen LogP contribution in [-0.4, -0.2) is 50.3 Å². The minimum atomic E-state index is -0.0197. The molecule has 0 bridgehead atoms. The third-order valence-corrected chi connectivity index (χ3v) is 5.97. The summed E-state index contributed by atoms with van der Waals surface area (Å²) in [6.45, 7) is 7.57. The molecule has 0 aromatic heterocycles. The number of rotatable bonds is 7. The molecule has 0 spiro atoms. The van der Waals surface area contributed by atoms with Gasteiger partial charge in [-0.1, -0.05) is 60.2 Å². The molecule has 1 fully saturated rings. The van der Waals surface area contributed by atoms with Crippen molar-refractivity contribution in [2.75, 3.05) is 33.9 Å². The Morgan fingerprint density at radius 2 is 1.74 bits per heavy atom. The van der Waals surface area contributed by atoms with Crippen molar-refractivity contribution in [2.24, 2.45) is 4.99 Å². The molecule has 6 heteroatoms. The molecule has 31 heavy (non-hydrogen) atoms. The second kappa shape index (κ2) is 12.4. The van der Waals surface area contributed by atoms with Gasteiger partial charge in [-0.05, 0) is 37.8 Å². The molecule has 3 rings (SSSR count). The highest BCUT2D eigenvalue weighted by molar-refractivity contribution is 14.0. The number of aryl methyl sites for hydroxylation is 1. The van der Waals surface area contributed by atoms with Crippen LogP contribution in [0.25, 0.3) is 0 Å². The largest absolute Gasteiger partial charge is 0.381 e. The van der Waals surface area contributed by atoms with Gasteiger partial charge in [0.25, 0.3) is 0 Å². The molecule has 0 aliphatic carbocycles. The highest BCUT2D eigenvalue weighted by Gasteiger charge is 2.34. The highest BCUT2D eigenvalue weighted by atomic mass is 127. The van der Waals surface area contributed by atoms with Crippen LogP contribution < -0.4 is 10.6 Å². The van der Waals surface area contributed by atoms with Crippen LogP contribution in [-0.2, 0) is 11.3 Å². The lowest BCUT2D eigenvalue weighted by Crippen LogP contribution is -2.58. The molecular formula is C25H37IN4O. The van der Waals surface area contributed by atoms with Gasteiger partial charge in [-0.25, -0.2) is 0 Å². The summed E-state index contributed by atoms with van der Waals surface area (Å²) in [6.07, 6.45) is 1.96. The number of benzene rings is 2. The zero-order valence-corrected chi connectivity index (χ0v) is 21.6. The maximum absolute atomic E-state index is 5.67. The summed E-state index contributed by atoms with van der Waals surface area (Å²) in [6, 6.07) is 19.6. The van der Waals surface area contributed by atoms with Gasteiger partial charge >= 0.3 is 0 Å². The van der Waals surface area contributed by atoms with Crippen molar-refractivity contribution < 1.29 is 4.74 Å².